The van der Waals surface area contributed by atoms with Crippen LogP contribution in [-0.4, -0.2) is 46.3 Å². The van der Waals surface area contributed by atoms with Gasteiger partial charge in [0.05, 0.1) is 31.6 Å². The highest BCUT2D eigenvalue weighted by Gasteiger charge is 2.27. The normalized spacial score (nSPS) is 16.7. The highest BCUT2D eigenvalue weighted by molar-refractivity contribution is 6.30. The Kier molecular flexibility index (Phi) is 5.46. The van der Waals surface area contributed by atoms with Crippen LogP contribution in [0.5, 0.6) is 5.75 Å². The number of hydrogen-bond acceptors (Lipinski definition) is 7. The average Bonchev–Trinajstić information content (AvgIpc) is 2.76. The van der Waals surface area contributed by atoms with Gasteiger partial charge in [0.15, 0.2) is 0 Å². The molecule has 1 atom stereocenters. The number of ether oxygens (including phenoxy) is 2. The van der Waals surface area contributed by atoms with Gasteiger partial charge in [0, 0.05) is 36.4 Å². The fourth-order valence-electron chi connectivity index (χ4n) is 3.35. The van der Waals surface area contributed by atoms with Crippen molar-refractivity contribution in [3.8, 4) is 17.1 Å². The van der Waals surface area contributed by atoms with Gasteiger partial charge >= 0.3 is 0 Å². The Hall–Kier alpha value is -2.97. The van der Waals surface area contributed by atoms with Crippen molar-refractivity contribution in [2.75, 3.05) is 31.7 Å². The molecule has 1 unspecified atom stereocenters. The highest BCUT2D eigenvalue weighted by atomic mass is 35.5. The molecule has 3 aromatic rings. The maximum atomic E-state index is 12.6. The Labute approximate surface area is 172 Å². The predicted octanol–water partition coefficient (Wildman–Crippen LogP) is 2.48. The van der Waals surface area contributed by atoms with Crippen molar-refractivity contribution in [1.29, 1.82) is 0 Å². The zero-order chi connectivity index (χ0) is 20.4. The maximum absolute atomic E-state index is 12.6. The van der Waals surface area contributed by atoms with Crippen LogP contribution in [0.4, 0.5) is 5.95 Å². The molecule has 1 aliphatic heterocycles. The van der Waals surface area contributed by atoms with E-state index in [1.54, 1.807) is 32.5 Å². The lowest BCUT2D eigenvalue weighted by Gasteiger charge is -2.35. The fraction of sp³-hybridized carbons (Fsp3) is 0.300. The quantitative estimate of drug-likeness (QED) is 0.649. The summed E-state index contributed by atoms with van der Waals surface area (Å²) in [6.07, 6.45) is 2.82. The summed E-state index contributed by atoms with van der Waals surface area (Å²) < 4.78 is 13.0. The zero-order valence-corrected chi connectivity index (χ0v) is 16.8. The molecule has 0 saturated carbocycles. The SMILES string of the molecule is COc1cc(Cl)ccc1C1CN(c2nc(-c3ccncn3)cc(=O)n2C)CCO1. The summed E-state index contributed by atoms with van der Waals surface area (Å²) in [5, 5.41) is 0.597. The third-order valence-electron chi connectivity index (χ3n) is 4.85. The predicted molar refractivity (Wildman–Crippen MR) is 109 cm³/mol. The Balaban J connectivity index is 1.68. The van der Waals surface area contributed by atoms with E-state index >= 15 is 0 Å². The summed E-state index contributed by atoms with van der Waals surface area (Å²) in [6.45, 7) is 1.62. The van der Waals surface area contributed by atoms with Crippen molar-refractivity contribution in [2.24, 2.45) is 7.05 Å². The lowest BCUT2D eigenvalue weighted by Crippen LogP contribution is -2.41. The van der Waals surface area contributed by atoms with Crippen LogP contribution in [-0.2, 0) is 11.8 Å². The number of rotatable bonds is 4. The molecular weight excluding hydrogens is 394 g/mol. The van der Waals surface area contributed by atoms with Crippen molar-refractivity contribution in [3.63, 3.8) is 0 Å². The molecule has 1 fully saturated rings. The van der Waals surface area contributed by atoms with Crippen LogP contribution in [0.2, 0.25) is 5.02 Å². The Morgan fingerprint density at radius 1 is 1.24 bits per heavy atom. The first-order valence-corrected chi connectivity index (χ1v) is 9.49. The van der Waals surface area contributed by atoms with Gasteiger partial charge in [-0.25, -0.2) is 15.0 Å². The van der Waals surface area contributed by atoms with Crippen LogP contribution in [0, 0.1) is 0 Å². The second-order valence-electron chi connectivity index (χ2n) is 6.62. The molecule has 0 aliphatic carbocycles. The van der Waals surface area contributed by atoms with Gasteiger partial charge in [-0.2, -0.15) is 0 Å². The number of nitrogens with zero attached hydrogens (tertiary/aromatic N) is 5. The average molecular weight is 414 g/mol. The number of halogens is 1. The van der Waals surface area contributed by atoms with Crippen molar-refractivity contribution < 1.29 is 9.47 Å². The maximum Gasteiger partial charge on any atom is 0.255 e. The smallest absolute Gasteiger partial charge is 0.255 e. The topological polar surface area (TPSA) is 82.4 Å². The molecule has 0 amide bonds. The van der Waals surface area contributed by atoms with E-state index in [0.29, 0.717) is 47.8 Å². The lowest BCUT2D eigenvalue weighted by molar-refractivity contribution is 0.0374. The number of morpholine rings is 1. The van der Waals surface area contributed by atoms with Crippen molar-refractivity contribution in [3.05, 3.63) is 63.8 Å². The minimum atomic E-state index is -0.240. The van der Waals surface area contributed by atoms with Gasteiger partial charge in [0.2, 0.25) is 5.95 Å². The molecule has 2 aromatic heterocycles. The first-order chi connectivity index (χ1) is 14.1. The van der Waals surface area contributed by atoms with Gasteiger partial charge in [-0.15, -0.1) is 0 Å². The fourth-order valence-corrected chi connectivity index (χ4v) is 3.52. The summed E-state index contributed by atoms with van der Waals surface area (Å²) >= 11 is 6.08. The van der Waals surface area contributed by atoms with E-state index < -0.39 is 0 Å². The van der Waals surface area contributed by atoms with E-state index in [1.165, 1.54) is 17.0 Å². The molecule has 0 spiro atoms. The van der Waals surface area contributed by atoms with E-state index in [0.717, 1.165) is 5.56 Å². The van der Waals surface area contributed by atoms with Crippen LogP contribution < -0.4 is 15.2 Å². The minimum Gasteiger partial charge on any atom is -0.496 e. The molecule has 1 aliphatic rings. The molecule has 150 valence electrons. The number of methoxy groups -OCH3 is 1. The van der Waals surface area contributed by atoms with E-state index in [-0.39, 0.29) is 11.7 Å². The minimum absolute atomic E-state index is 0.157. The van der Waals surface area contributed by atoms with Gasteiger partial charge in [-0.3, -0.25) is 9.36 Å². The Morgan fingerprint density at radius 3 is 2.86 bits per heavy atom. The standard InChI is InChI=1S/C20H20ClN5O3/c1-25-19(27)10-16(15-5-6-22-12-23-15)24-20(25)26-7-8-29-18(11-26)14-4-3-13(21)9-17(14)28-2/h3-6,9-10,12,18H,7-8,11H2,1-2H3. The van der Waals surface area contributed by atoms with Gasteiger partial charge in [-0.05, 0) is 18.2 Å². The zero-order valence-electron chi connectivity index (χ0n) is 16.1. The number of aromatic nitrogens is 4. The first-order valence-electron chi connectivity index (χ1n) is 9.11. The molecule has 4 rings (SSSR count). The van der Waals surface area contributed by atoms with Crippen molar-refractivity contribution >= 4 is 17.5 Å². The second-order valence-corrected chi connectivity index (χ2v) is 7.06. The molecule has 1 saturated heterocycles. The van der Waals surface area contributed by atoms with Crippen LogP contribution in [0.15, 0.2) is 47.7 Å². The molecule has 9 heteroatoms. The molecule has 8 nitrogen and oxygen atoms in total. The summed E-state index contributed by atoms with van der Waals surface area (Å²) in [5.41, 5.74) is 1.86. The molecule has 29 heavy (non-hydrogen) atoms. The molecule has 3 heterocycles. The summed E-state index contributed by atoms with van der Waals surface area (Å²) in [5.74, 6) is 1.23. The summed E-state index contributed by atoms with van der Waals surface area (Å²) in [4.78, 5) is 27.4. The summed E-state index contributed by atoms with van der Waals surface area (Å²) in [7, 11) is 3.31. The van der Waals surface area contributed by atoms with Gasteiger partial charge < -0.3 is 14.4 Å². The highest BCUT2D eigenvalue weighted by Crippen LogP contribution is 2.33. The Bertz CT molecular complexity index is 1070. The molecule has 0 N–H and O–H groups in total. The third kappa shape index (κ3) is 3.94. The second kappa shape index (κ2) is 8.18. The van der Waals surface area contributed by atoms with E-state index in [4.69, 9.17) is 26.1 Å². The summed E-state index contributed by atoms with van der Waals surface area (Å²) in [6, 6.07) is 8.69. The van der Waals surface area contributed by atoms with E-state index in [9.17, 15) is 4.79 Å². The number of anilines is 1. The molecular formula is C20H20ClN5O3. The molecule has 0 bridgehead atoms. The van der Waals surface area contributed by atoms with Crippen LogP contribution >= 0.6 is 11.6 Å². The van der Waals surface area contributed by atoms with Crippen LogP contribution in [0.25, 0.3) is 11.4 Å². The number of benzene rings is 1. The van der Waals surface area contributed by atoms with E-state index in [1.807, 2.05) is 17.0 Å². The Morgan fingerprint density at radius 2 is 2.10 bits per heavy atom. The van der Waals surface area contributed by atoms with Crippen molar-refractivity contribution in [2.45, 2.75) is 6.10 Å². The van der Waals surface area contributed by atoms with Crippen LogP contribution in [0.3, 0.4) is 0 Å². The van der Waals surface area contributed by atoms with E-state index in [2.05, 4.69) is 9.97 Å². The van der Waals surface area contributed by atoms with Crippen molar-refractivity contribution in [1.82, 2.24) is 19.5 Å². The largest absolute Gasteiger partial charge is 0.496 e. The number of hydrogen-bond donors (Lipinski definition) is 0. The van der Waals surface area contributed by atoms with Gasteiger partial charge in [0.1, 0.15) is 18.2 Å². The van der Waals surface area contributed by atoms with Crippen LogP contribution in [0.1, 0.15) is 11.7 Å². The third-order valence-corrected chi connectivity index (χ3v) is 5.08. The first kappa shape index (κ1) is 19.4. The lowest BCUT2D eigenvalue weighted by atomic mass is 10.1. The molecule has 1 aromatic carbocycles. The monoisotopic (exact) mass is 413 g/mol. The molecule has 0 radical (unpaired) electrons. The van der Waals surface area contributed by atoms with Gasteiger partial charge in [0.25, 0.3) is 5.56 Å². The van der Waals surface area contributed by atoms with Gasteiger partial charge in [-0.1, -0.05) is 17.7 Å².